The lowest BCUT2D eigenvalue weighted by Crippen LogP contribution is -2.08. The van der Waals surface area contributed by atoms with Crippen LogP contribution >= 0.6 is 0 Å². The fraction of sp³-hybridized carbons (Fsp3) is 0.0800. The normalized spacial score (nSPS) is 12.2. The van der Waals surface area contributed by atoms with E-state index in [1.54, 1.807) is 55.5 Å². The molecule has 0 amide bonds. The van der Waals surface area contributed by atoms with Crippen molar-refractivity contribution in [3.8, 4) is 5.75 Å². The summed E-state index contributed by atoms with van der Waals surface area (Å²) in [6.45, 7) is 3.56. The second kappa shape index (κ2) is 7.96. The van der Waals surface area contributed by atoms with Gasteiger partial charge in [-0.05, 0) is 55.3 Å². The van der Waals surface area contributed by atoms with Gasteiger partial charge in [0.15, 0.2) is 5.65 Å². The van der Waals surface area contributed by atoms with Crippen molar-refractivity contribution >= 4 is 44.1 Å². The summed E-state index contributed by atoms with van der Waals surface area (Å²) in [5.74, 6) is -0.0843. The van der Waals surface area contributed by atoms with Crippen LogP contribution in [-0.4, -0.2) is 34.4 Å². The van der Waals surface area contributed by atoms with Gasteiger partial charge in [-0.25, -0.2) is 18.4 Å². The summed E-state index contributed by atoms with van der Waals surface area (Å²) in [6, 6.07) is 19.0. The van der Waals surface area contributed by atoms with E-state index in [1.165, 1.54) is 17.0 Å². The van der Waals surface area contributed by atoms with Crippen LogP contribution in [0.25, 0.3) is 22.2 Å². The van der Waals surface area contributed by atoms with Gasteiger partial charge in [-0.15, -0.1) is 0 Å². The Morgan fingerprint density at radius 1 is 0.971 bits per heavy atom. The average Bonchev–Trinajstić information content (AvgIpc) is 3.09. The van der Waals surface area contributed by atoms with Crippen molar-refractivity contribution in [2.24, 2.45) is 5.10 Å². The number of para-hydroxylation sites is 3. The summed E-state index contributed by atoms with van der Waals surface area (Å²) in [5, 5.41) is 14.5. The predicted octanol–water partition coefficient (Wildman–Crippen LogP) is 4.20. The third-order valence-corrected chi connectivity index (χ3v) is 7.54. The van der Waals surface area contributed by atoms with Crippen molar-refractivity contribution in [2.45, 2.75) is 23.6 Å². The van der Waals surface area contributed by atoms with Gasteiger partial charge in [-0.1, -0.05) is 36.4 Å². The largest absolute Gasteiger partial charge is 0.507 e. The summed E-state index contributed by atoms with van der Waals surface area (Å²) in [5.41, 5.74) is 9.70. The average molecular weight is 472 g/mol. The topological polar surface area (TPSA) is 123 Å². The van der Waals surface area contributed by atoms with Crippen LogP contribution in [0.4, 0.5) is 5.82 Å². The number of nitrogens with zero attached hydrogens (tertiary/aromatic N) is 4. The maximum absolute atomic E-state index is 13.9. The minimum atomic E-state index is -4.06. The smallest absolute Gasteiger partial charge is 0.212 e. The molecule has 3 N–H and O–H groups in total. The zero-order chi connectivity index (χ0) is 24.0. The van der Waals surface area contributed by atoms with Crippen LogP contribution in [0.2, 0.25) is 0 Å². The van der Waals surface area contributed by atoms with Gasteiger partial charge < -0.3 is 10.8 Å². The van der Waals surface area contributed by atoms with E-state index in [0.29, 0.717) is 22.2 Å². The standard InChI is InChI=1S/C25H21N5O3S/c1-15-11-12-16(2)21(13-15)34(32,33)23-22-25(29-19-9-5-4-8-18(19)28-22)30(24(23)26)27-14-17-7-3-6-10-20(17)31/h3-14,31H,26H2,1-2H3. The number of anilines is 1. The molecular formula is C25H21N5O3S. The molecule has 2 aromatic heterocycles. The van der Waals surface area contributed by atoms with Crippen molar-refractivity contribution in [3.63, 3.8) is 0 Å². The number of phenolic OH excluding ortho intramolecular Hbond substituents is 1. The van der Waals surface area contributed by atoms with Gasteiger partial charge in [0.1, 0.15) is 22.0 Å². The molecule has 2 heterocycles. The second-order valence-corrected chi connectivity index (χ2v) is 9.84. The molecule has 0 bridgehead atoms. The number of nitrogens with two attached hydrogens (primary N) is 1. The molecule has 0 unspecified atom stereocenters. The Labute approximate surface area is 195 Å². The molecule has 0 aliphatic heterocycles. The van der Waals surface area contributed by atoms with E-state index in [9.17, 15) is 13.5 Å². The molecule has 5 rings (SSSR count). The van der Waals surface area contributed by atoms with Gasteiger partial charge in [0, 0.05) is 5.56 Å². The van der Waals surface area contributed by atoms with E-state index >= 15 is 0 Å². The van der Waals surface area contributed by atoms with Crippen molar-refractivity contribution in [1.82, 2.24) is 14.6 Å². The Bertz CT molecular complexity index is 1720. The maximum atomic E-state index is 13.9. The third kappa shape index (κ3) is 3.46. The molecule has 0 aliphatic carbocycles. The molecule has 9 heteroatoms. The molecule has 170 valence electrons. The molecule has 0 fully saturated rings. The Hall–Kier alpha value is -4.24. The number of aromatic hydroxyl groups is 1. The molecular weight excluding hydrogens is 450 g/mol. The molecule has 0 radical (unpaired) electrons. The quantitative estimate of drug-likeness (QED) is 0.379. The number of benzene rings is 3. The van der Waals surface area contributed by atoms with E-state index in [1.807, 2.05) is 19.1 Å². The number of hydrogen-bond acceptors (Lipinski definition) is 7. The zero-order valence-corrected chi connectivity index (χ0v) is 19.3. The van der Waals surface area contributed by atoms with E-state index in [0.717, 1.165) is 5.56 Å². The van der Waals surface area contributed by atoms with Crippen LogP contribution in [0.1, 0.15) is 16.7 Å². The Kier molecular flexibility index (Phi) is 5.06. The summed E-state index contributed by atoms with van der Waals surface area (Å²) in [4.78, 5) is 9.23. The van der Waals surface area contributed by atoms with Gasteiger partial charge >= 0.3 is 0 Å². The van der Waals surface area contributed by atoms with Crippen LogP contribution < -0.4 is 5.73 Å². The number of rotatable bonds is 4. The molecule has 0 saturated heterocycles. The lowest BCUT2D eigenvalue weighted by Gasteiger charge is -2.09. The molecule has 8 nitrogen and oxygen atoms in total. The van der Waals surface area contributed by atoms with Gasteiger partial charge in [0.05, 0.1) is 22.1 Å². The van der Waals surface area contributed by atoms with Gasteiger partial charge in [-0.2, -0.15) is 9.78 Å². The van der Waals surface area contributed by atoms with Crippen molar-refractivity contribution in [3.05, 3.63) is 83.4 Å². The highest BCUT2D eigenvalue weighted by atomic mass is 32.2. The Balaban J connectivity index is 1.83. The highest BCUT2D eigenvalue weighted by Gasteiger charge is 2.31. The highest BCUT2D eigenvalue weighted by molar-refractivity contribution is 7.92. The SMILES string of the molecule is Cc1ccc(C)c(S(=O)(=O)c2c(N)n(N=Cc3ccccc3O)c3nc4ccccc4nc23)c1. The second-order valence-electron chi connectivity index (χ2n) is 7.99. The van der Waals surface area contributed by atoms with Crippen LogP contribution in [0.15, 0.2) is 81.6 Å². The molecule has 0 spiro atoms. The van der Waals surface area contributed by atoms with Crippen molar-refractivity contribution in [2.75, 3.05) is 5.73 Å². The third-order valence-electron chi connectivity index (χ3n) is 5.58. The summed E-state index contributed by atoms with van der Waals surface area (Å²) in [6.07, 6.45) is 1.40. The minimum absolute atomic E-state index is 0.0287. The van der Waals surface area contributed by atoms with E-state index in [-0.39, 0.29) is 32.5 Å². The molecule has 0 atom stereocenters. The molecule has 0 aliphatic rings. The molecule has 5 aromatic rings. The van der Waals surface area contributed by atoms with Crippen LogP contribution in [0.3, 0.4) is 0 Å². The Morgan fingerprint density at radius 3 is 2.38 bits per heavy atom. The number of phenols is 1. The monoisotopic (exact) mass is 471 g/mol. The summed E-state index contributed by atoms with van der Waals surface area (Å²) in [7, 11) is -4.06. The number of nitrogen functional groups attached to an aromatic ring is 1. The lowest BCUT2D eigenvalue weighted by molar-refractivity contribution is 0.474. The number of fused-ring (bicyclic) bond motifs is 2. The first-order valence-corrected chi connectivity index (χ1v) is 12.0. The summed E-state index contributed by atoms with van der Waals surface area (Å²) >= 11 is 0. The highest BCUT2D eigenvalue weighted by Crippen LogP contribution is 2.36. The lowest BCUT2D eigenvalue weighted by atomic mass is 10.2. The Morgan fingerprint density at radius 2 is 1.65 bits per heavy atom. The zero-order valence-electron chi connectivity index (χ0n) is 18.5. The molecule has 34 heavy (non-hydrogen) atoms. The predicted molar refractivity (Wildman–Crippen MR) is 132 cm³/mol. The van der Waals surface area contributed by atoms with Crippen LogP contribution in [0.5, 0.6) is 5.75 Å². The fourth-order valence-corrected chi connectivity index (χ4v) is 5.63. The first-order chi connectivity index (χ1) is 16.3. The molecule has 0 saturated carbocycles. The van der Waals surface area contributed by atoms with E-state index < -0.39 is 9.84 Å². The van der Waals surface area contributed by atoms with Crippen molar-refractivity contribution in [1.29, 1.82) is 0 Å². The van der Waals surface area contributed by atoms with E-state index in [2.05, 4.69) is 15.1 Å². The molecule has 3 aromatic carbocycles. The van der Waals surface area contributed by atoms with Gasteiger partial charge in [0.25, 0.3) is 0 Å². The minimum Gasteiger partial charge on any atom is -0.507 e. The first-order valence-electron chi connectivity index (χ1n) is 10.5. The fourth-order valence-electron chi connectivity index (χ4n) is 3.83. The van der Waals surface area contributed by atoms with Crippen LogP contribution in [-0.2, 0) is 9.84 Å². The maximum Gasteiger partial charge on any atom is 0.212 e. The first kappa shape index (κ1) is 21.6. The number of sulfone groups is 1. The summed E-state index contributed by atoms with van der Waals surface area (Å²) < 4.78 is 29.0. The number of aromatic nitrogens is 3. The van der Waals surface area contributed by atoms with Crippen molar-refractivity contribution < 1.29 is 13.5 Å². The van der Waals surface area contributed by atoms with Crippen LogP contribution in [0, 0.1) is 13.8 Å². The number of hydrogen-bond donors (Lipinski definition) is 2. The van der Waals surface area contributed by atoms with Gasteiger partial charge in [0.2, 0.25) is 9.84 Å². The number of aryl methyl sites for hydroxylation is 2. The van der Waals surface area contributed by atoms with Gasteiger partial charge in [-0.3, -0.25) is 0 Å². The van der Waals surface area contributed by atoms with E-state index in [4.69, 9.17) is 5.73 Å².